The molecule has 0 radical (unpaired) electrons. The van der Waals surface area contributed by atoms with Crippen molar-refractivity contribution in [3.63, 3.8) is 0 Å². The molecule has 0 unspecified atom stereocenters. The Kier molecular flexibility index (Phi) is 4.28. The normalized spacial score (nSPS) is 14.2. The fraction of sp³-hybridized carbons (Fsp3) is 0.0500. The predicted octanol–water partition coefficient (Wildman–Crippen LogP) is 5.20. The molecule has 3 rings (SSSR count). The number of nitrogens with zero attached hydrogens (tertiary/aromatic N) is 1. The number of benzene rings is 2. The van der Waals surface area contributed by atoms with E-state index in [-0.39, 0.29) is 17.2 Å². The molecule has 0 saturated carbocycles. The Bertz CT molecular complexity index is 878. The third-order valence-electron chi connectivity index (χ3n) is 3.81. The Morgan fingerprint density at radius 1 is 1.12 bits per heavy atom. The van der Waals surface area contributed by atoms with Gasteiger partial charge < -0.3 is 5.11 Å². The fourth-order valence-electron chi connectivity index (χ4n) is 2.72. The summed E-state index contributed by atoms with van der Waals surface area (Å²) < 4.78 is 0. The van der Waals surface area contributed by atoms with Gasteiger partial charge in [0.2, 0.25) is 0 Å². The number of aliphatic hydroxyl groups is 1. The van der Waals surface area contributed by atoms with E-state index < -0.39 is 0 Å². The van der Waals surface area contributed by atoms with Gasteiger partial charge in [0.15, 0.2) is 0 Å². The molecule has 1 N–H and O–H groups in total. The number of rotatable bonds is 2. The summed E-state index contributed by atoms with van der Waals surface area (Å²) in [6, 6.07) is 14.4. The Morgan fingerprint density at radius 3 is 2.50 bits per heavy atom. The highest BCUT2D eigenvalue weighted by Crippen LogP contribution is 2.35. The molecule has 2 aromatic carbocycles. The quantitative estimate of drug-likeness (QED) is 0.604. The number of fused-ring (bicyclic) bond motifs is 1. The Hall–Kier alpha value is -2.78. The second-order valence-corrected chi connectivity index (χ2v) is 5.93. The van der Waals surface area contributed by atoms with Crippen molar-refractivity contribution in [2.45, 2.75) is 6.92 Å². The zero-order valence-electron chi connectivity index (χ0n) is 13.2. The zero-order chi connectivity index (χ0) is 17.3. The van der Waals surface area contributed by atoms with E-state index in [1.165, 1.54) is 11.8 Å². The van der Waals surface area contributed by atoms with Crippen molar-refractivity contribution in [1.82, 2.24) is 0 Å². The second-order valence-electron chi connectivity index (χ2n) is 5.49. The minimum atomic E-state index is -0.334. The van der Waals surface area contributed by atoms with E-state index in [9.17, 15) is 9.90 Å². The van der Waals surface area contributed by atoms with E-state index in [0.29, 0.717) is 22.0 Å². The Morgan fingerprint density at radius 2 is 1.83 bits per heavy atom. The first kappa shape index (κ1) is 16.1. The van der Waals surface area contributed by atoms with Crippen molar-refractivity contribution >= 4 is 34.8 Å². The van der Waals surface area contributed by atoms with Crippen LogP contribution in [0, 0.1) is 0 Å². The van der Waals surface area contributed by atoms with Crippen molar-refractivity contribution in [2.75, 3.05) is 4.90 Å². The van der Waals surface area contributed by atoms with Gasteiger partial charge in [0.25, 0.3) is 5.91 Å². The number of hydrogen-bond acceptors (Lipinski definition) is 2. The van der Waals surface area contributed by atoms with Gasteiger partial charge in [-0.25, -0.2) is 0 Å². The molecule has 1 amide bonds. The maximum atomic E-state index is 13.2. The molecule has 0 aliphatic carbocycles. The third kappa shape index (κ3) is 2.86. The van der Waals surface area contributed by atoms with Gasteiger partial charge in [-0.05, 0) is 36.8 Å². The smallest absolute Gasteiger partial charge is 0.266 e. The van der Waals surface area contributed by atoms with Crippen molar-refractivity contribution in [1.29, 1.82) is 0 Å². The molecule has 0 spiro atoms. The number of amides is 1. The van der Waals surface area contributed by atoms with Crippen molar-refractivity contribution in [3.05, 3.63) is 88.8 Å². The summed E-state index contributed by atoms with van der Waals surface area (Å²) in [5.74, 6) is -0.372. The summed E-state index contributed by atoms with van der Waals surface area (Å²) in [6.45, 7) is 5.46. The van der Waals surface area contributed by atoms with Gasteiger partial charge in [0, 0.05) is 16.3 Å². The molecule has 0 fully saturated rings. The van der Waals surface area contributed by atoms with Crippen LogP contribution in [0.1, 0.15) is 18.1 Å². The standard InChI is InChI=1S/C20H16ClNO2/c1-13-8-9-16-12-17(21)10-11-18(16)22(13)20(24)19(14(2)23)15-6-4-3-5-7-15/h3-12,23H,1H2,2H3/b19-14+. The Labute approximate surface area is 145 Å². The number of carbonyl (C=O) groups excluding carboxylic acids is 1. The minimum absolute atomic E-state index is 0.0379. The lowest BCUT2D eigenvalue weighted by Crippen LogP contribution is -2.32. The molecule has 24 heavy (non-hydrogen) atoms. The molecule has 0 saturated heterocycles. The van der Waals surface area contributed by atoms with E-state index in [1.807, 2.05) is 24.3 Å². The van der Waals surface area contributed by atoms with E-state index >= 15 is 0 Å². The SMILES string of the molecule is C=C1C=Cc2cc(Cl)ccc2N1C(=O)/C(=C(\C)O)c1ccccc1. The van der Waals surface area contributed by atoms with Crippen LogP contribution in [0.25, 0.3) is 11.6 Å². The van der Waals surface area contributed by atoms with Crippen molar-refractivity contribution in [2.24, 2.45) is 0 Å². The van der Waals surface area contributed by atoms with E-state index in [1.54, 1.807) is 36.4 Å². The van der Waals surface area contributed by atoms with Crippen LogP contribution in [0.4, 0.5) is 5.69 Å². The van der Waals surface area contributed by atoms with E-state index in [4.69, 9.17) is 11.6 Å². The van der Waals surface area contributed by atoms with Crippen LogP contribution >= 0.6 is 11.6 Å². The maximum Gasteiger partial charge on any atom is 0.266 e. The molecule has 1 heterocycles. The summed E-state index contributed by atoms with van der Waals surface area (Å²) >= 11 is 6.04. The highest BCUT2D eigenvalue weighted by atomic mass is 35.5. The van der Waals surface area contributed by atoms with Crippen LogP contribution in [0.2, 0.25) is 5.02 Å². The van der Waals surface area contributed by atoms with Crippen LogP contribution in [0.5, 0.6) is 0 Å². The van der Waals surface area contributed by atoms with Crippen molar-refractivity contribution < 1.29 is 9.90 Å². The summed E-state index contributed by atoms with van der Waals surface area (Å²) in [4.78, 5) is 14.7. The number of carbonyl (C=O) groups is 1. The first-order valence-electron chi connectivity index (χ1n) is 7.45. The van der Waals surface area contributed by atoms with Crippen LogP contribution in [-0.4, -0.2) is 11.0 Å². The molecule has 120 valence electrons. The second kappa shape index (κ2) is 6.38. The van der Waals surface area contributed by atoms with Gasteiger partial charge in [-0.1, -0.05) is 54.6 Å². The average Bonchev–Trinajstić information content (AvgIpc) is 2.55. The van der Waals surface area contributed by atoms with E-state index in [2.05, 4.69) is 6.58 Å². The van der Waals surface area contributed by atoms with Gasteiger partial charge >= 0.3 is 0 Å². The topological polar surface area (TPSA) is 40.5 Å². The molecule has 0 bridgehead atoms. The first-order valence-corrected chi connectivity index (χ1v) is 7.83. The van der Waals surface area contributed by atoms with Gasteiger partial charge in [-0.2, -0.15) is 0 Å². The summed E-state index contributed by atoms with van der Waals surface area (Å²) in [5.41, 5.74) is 2.94. The van der Waals surface area contributed by atoms with Gasteiger partial charge in [0.05, 0.1) is 11.3 Å². The lowest BCUT2D eigenvalue weighted by Gasteiger charge is -2.29. The van der Waals surface area contributed by atoms with Crippen molar-refractivity contribution in [3.8, 4) is 0 Å². The maximum absolute atomic E-state index is 13.2. The van der Waals surface area contributed by atoms with Crippen LogP contribution < -0.4 is 4.90 Å². The van der Waals surface area contributed by atoms with Crippen LogP contribution in [-0.2, 0) is 4.79 Å². The lowest BCUT2D eigenvalue weighted by molar-refractivity contribution is -0.113. The molecule has 2 aromatic rings. The number of anilines is 1. The molecular weight excluding hydrogens is 322 g/mol. The van der Waals surface area contributed by atoms with Crippen LogP contribution in [0.15, 0.2) is 72.6 Å². The molecule has 4 heteroatoms. The highest BCUT2D eigenvalue weighted by Gasteiger charge is 2.28. The molecule has 1 aliphatic rings. The van der Waals surface area contributed by atoms with Gasteiger partial charge in [0.1, 0.15) is 5.76 Å². The molecule has 3 nitrogen and oxygen atoms in total. The number of hydrogen-bond donors (Lipinski definition) is 1. The van der Waals surface area contributed by atoms with Gasteiger partial charge in [-0.3, -0.25) is 9.69 Å². The fourth-order valence-corrected chi connectivity index (χ4v) is 2.90. The largest absolute Gasteiger partial charge is 0.512 e. The van der Waals surface area contributed by atoms with Gasteiger partial charge in [-0.15, -0.1) is 0 Å². The minimum Gasteiger partial charge on any atom is -0.512 e. The third-order valence-corrected chi connectivity index (χ3v) is 4.05. The Balaban J connectivity index is 2.11. The number of aliphatic hydroxyl groups excluding tert-OH is 1. The molecular formula is C20H16ClNO2. The number of halogens is 1. The first-order chi connectivity index (χ1) is 11.5. The lowest BCUT2D eigenvalue weighted by atomic mass is 10.00. The zero-order valence-corrected chi connectivity index (χ0v) is 13.9. The summed E-state index contributed by atoms with van der Waals surface area (Å²) in [7, 11) is 0. The monoisotopic (exact) mass is 337 g/mol. The van der Waals surface area contributed by atoms with E-state index in [0.717, 1.165) is 5.56 Å². The molecule has 0 atom stereocenters. The van der Waals surface area contributed by atoms with Crippen LogP contribution in [0.3, 0.4) is 0 Å². The molecule has 0 aromatic heterocycles. The molecule has 1 aliphatic heterocycles. The highest BCUT2D eigenvalue weighted by molar-refractivity contribution is 6.31. The summed E-state index contributed by atoms with van der Waals surface area (Å²) in [5, 5.41) is 10.7. The average molecular weight is 338 g/mol. The summed E-state index contributed by atoms with van der Waals surface area (Å²) in [6.07, 6.45) is 3.62. The number of allylic oxidation sites excluding steroid dienone is 2. The predicted molar refractivity (Wildman–Crippen MR) is 98.8 cm³/mol.